The second-order valence-electron chi connectivity index (χ2n) is 5.01. The van der Waals surface area contributed by atoms with E-state index in [1.807, 2.05) is 0 Å². The van der Waals surface area contributed by atoms with Crippen LogP contribution in [0.4, 0.5) is 0 Å². The number of aromatic hydroxyl groups is 2. The molecule has 0 bridgehead atoms. The van der Waals surface area contributed by atoms with Crippen molar-refractivity contribution in [1.82, 2.24) is 0 Å². The average molecular weight is 266 g/mol. The fourth-order valence-corrected chi connectivity index (χ4v) is 2.24. The summed E-state index contributed by atoms with van der Waals surface area (Å²) in [6.45, 7) is 5.37. The third-order valence-electron chi connectivity index (χ3n) is 3.68. The Kier molecular flexibility index (Phi) is 5.21. The van der Waals surface area contributed by atoms with E-state index >= 15 is 0 Å². The van der Waals surface area contributed by atoms with E-state index in [4.69, 9.17) is 5.11 Å². The highest BCUT2D eigenvalue weighted by Gasteiger charge is 2.15. The number of carboxylic acid groups (broad SMARTS) is 1. The molecule has 0 aromatic heterocycles. The minimum absolute atomic E-state index is 0.184. The highest BCUT2D eigenvalue weighted by atomic mass is 16.4. The van der Waals surface area contributed by atoms with Crippen LogP contribution in [-0.2, 0) is 11.2 Å². The van der Waals surface area contributed by atoms with E-state index in [-0.39, 0.29) is 17.9 Å². The molecule has 0 saturated carbocycles. The Morgan fingerprint density at radius 2 is 1.47 bits per heavy atom. The summed E-state index contributed by atoms with van der Waals surface area (Å²) in [6.07, 6.45) is 3.10. The van der Waals surface area contributed by atoms with Crippen LogP contribution in [0.2, 0.25) is 0 Å². The maximum atomic E-state index is 10.4. The molecule has 3 N–H and O–H groups in total. The first-order chi connectivity index (χ1) is 8.86. The second kappa shape index (κ2) is 6.45. The first kappa shape index (κ1) is 15.3. The van der Waals surface area contributed by atoms with Gasteiger partial charge in [0.1, 0.15) is 11.5 Å². The van der Waals surface area contributed by atoms with Crippen molar-refractivity contribution in [2.24, 2.45) is 0 Å². The van der Waals surface area contributed by atoms with Gasteiger partial charge in [-0.1, -0.05) is 6.42 Å². The Bertz CT molecular complexity index is 449. The average Bonchev–Trinajstić information content (AvgIpc) is 2.37. The van der Waals surface area contributed by atoms with Crippen molar-refractivity contribution in [3.8, 4) is 11.5 Å². The molecule has 4 nitrogen and oxygen atoms in total. The first-order valence-corrected chi connectivity index (χ1v) is 6.58. The third-order valence-corrected chi connectivity index (χ3v) is 3.68. The number of rotatable bonds is 6. The lowest BCUT2D eigenvalue weighted by atomic mass is 9.94. The molecule has 0 unspecified atom stereocenters. The van der Waals surface area contributed by atoms with Crippen LogP contribution in [0.3, 0.4) is 0 Å². The van der Waals surface area contributed by atoms with E-state index in [2.05, 4.69) is 0 Å². The summed E-state index contributed by atoms with van der Waals surface area (Å²) in [7, 11) is 0. The molecule has 0 amide bonds. The molecule has 0 aliphatic carbocycles. The van der Waals surface area contributed by atoms with Crippen LogP contribution >= 0.6 is 0 Å². The molecule has 0 aliphatic heterocycles. The minimum Gasteiger partial charge on any atom is -0.507 e. The Labute approximate surface area is 113 Å². The number of benzene rings is 1. The number of carbonyl (C=O) groups is 1. The van der Waals surface area contributed by atoms with Crippen LogP contribution in [0, 0.1) is 20.8 Å². The summed E-state index contributed by atoms with van der Waals surface area (Å²) in [5.41, 5.74) is 2.92. The predicted molar refractivity (Wildman–Crippen MR) is 73.8 cm³/mol. The zero-order valence-electron chi connectivity index (χ0n) is 11.8. The Balaban J connectivity index is 2.71. The summed E-state index contributed by atoms with van der Waals surface area (Å²) < 4.78 is 0. The lowest BCUT2D eigenvalue weighted by Gasteiger charge is -2.15. The van der Waals surface area contributed by atoms with Gasteiger partial charge in [-0.05, 0) is 56.7 Å². The molecule has 0 atom stereocenters. The summed E-state index contributed by atoms with van der Waals surface area (Å²) in [4.78, 5) is 10.4. The molecule has 0 heterocycles. The summed E-state index contributed by atoms with van der Waals surface area (Å²) in [5, 5.41) is 28.7. The topological polar surface area (TPSA) is 77.8 Å². The lowest BCUT2D eigenvalue weighted by molar-refractivity contribution is -0.137. The fourth-order valence-electron chi connectivity index (χ4n) is 2.24. The van der Waals surface area contributed by atoms with E-state index < -0.39 is 5.97 Å². The van der Waals surface area contributed by atoms with E-state index in [1.54, 1.807) is 20.8 Å². The van der Waals surface area contributed by atoms with Crippen molar-refractivity contribution in [1.29, 1.82) is 0 Å². The van der Waals surface area contributed by atoms with Gasteiger partial charge in [-0.3, -0.25) is 4.79 Å². The number of unbranched alkanes of at least 4 members (excludes halogenated alkanes) is 2. The molecule has 1 rings (SSSR count). The van der Waals surface area contributed by atoms with Crippen LogP contribution in [-0.4, -0.2) is 21.3 Å². The van der Waals surface area contributed by atoms with E-state index in [0.717, 1.165) is 24.0 Å². The van der Waals surface area contributed by atoms with Crippen molar-refractivity contribution < 1.29 is 20.1 Å². The molecule has 1 aromatic rings. The monoisotopic (exact) mass is 266 g/mol. The van der Waals surface area contributed by atoms with Crippen molar-refractivity contribution in [3.63, 3.8) is 0 Å². The highest BCUT2D eigenvalue weighted by molar-refractivity contribution is 5.66. The van der Waals surface area contributed by atoms with E-state index in [0.29, 0.717) is 24.0 Å². The lowest BCUT2D eigenvalue weighted by Crippen LogP contribution is -1.98. The number of carboxylic acids is 1. The molecular formula is C15H22O4. The Morgan fingerprint density at radius 3 is 2.05 bits per heavy atom. The van der Waals surface area contributed by atoms with Crippen molar-refractivity contribution in [2.45, 2.75) is 52.9 Å². The zero-order valence-corrected chi connectivity index (χ0v) is 11.8. The van der Waals surface area contributed by atoms with Crippen molar-refractivity contribution in [2.75, 3.05) is 0 Å². The number of phenols is 2. The van der Waals surface area contributed by atoms with Gasteiger partial charge in [0.15, 0.2) is 0 Å². The molecule has 106 valence electrons. The maximum absolute atomic E-state index is 10.4. The molecule has 19 heavy (non-hydrogen) atoms. The quantitative estimate of drug-likeness (QED) is 0.545. The van der Waals surface area contributed by atoms with Gasteiger partial charge < -0.3 is 15.3 Å². The summed E-state index contributed by atoms with van der Waals surface area (Å²) in [6, 6.07) is 0. The smallest absolute Gasteiger partial charge is 0.303 e. The van der Waals surface area contributed by atoms with Crippen LogP contribution in [0.5, 0.6) is 11.5 Å². The predicted octanol–water partition coefficient (Wildman–Crippen LogP) is 3.21. The number of aliphatic carboxylic acids is 1. The van der Waals surface area contributed by atoms with Gasteiger partial charge in [0.2, 0.25) is 0 Å². The largest absolute Gasteiger partial charge is 0.507 e. The normalized spacial score (nSPS) is 10.7. The molecule has 0 fully saturated rings. The van der Waals surface area contributed by atoms with Crippen LogP contribution in [0.15, 0.2) is 0 Å². The molecule has 1 aromatic carbocycles. The second-order valence-corrected chi connectivity index (χ2v) is 5.01. The standard InChI is InChI=1S/C15H22O4/c1-9-10(2)15(19)12(11(3)14(9)18)7-5-4-6-8-13(16)17/h18-19H,4-8H2,1-3H3,(H,16,17). The van der Waals surface area contributed by atoms with Gasteiger partial charge in [-0.15, -0.1) is 0 Å². The summed E-state index contributed by atoms with van der Waals surface area (Å²) in [5.74, 6) is -0.273. The van der Waals surface area contributed by atoms with Crippen LogP contribution in [0.1, 0.15) is 47.9 Å². The van der Waals surface area contributed by atoms with Gasteiger partial charge in [-0.2, -0.15) is 0 Å². The van der Waals surface area contributed by atoms with E-state index in [1.165, 1.54) is 0 Å². The molecule has 0 spiro atoms. The molecular weight excluding hydrogens is 244 g/mol. The van der Waals surface area contributed by atoms with Gasteiger partial charge in [-0.25, -0.2) is 0 Å². The highest BCUT2D eigenvalue weighted by Crippen LogP contribution is 2.36. The number of hydrogen-bond acceptors (Lipinski definition) is 3. The Hall–Kier alpha value is -1.71. The molecule has 0 aliphatic rings. The van der Waals surface area contributed by atoms with Crippen molar-refractivity contribution >= 4 is 5.97 Å². The van der Waals surface area contributed by atoms with Gasteiger partial charge >= 0.3 is 5.97 Å². The van der Waals surface area contributed by atoms with Gasteiger partial charge in [0.05, 0.1) is 0 Å². The summed E-state index contributed by atoms with van der Waals surface area (Å²) >= 11 is 0. The SMILES string of the molecule is Cc1c(C)c(O)c(CCCCCC(=O)O)c(C)c1O. The Morgan fingerprint density at radius 1 is 0.895 bits per heavy atom. The zero-order chi connectivity index (χ0) is 14.6. The maximum Gasteiger partial charge on any atom is 0.303 e. The first-order valence-electron chi connectivity index (χ1n) is 6.58. The van der Waals surface area contributed by atoms with E-state index in [9.17, 15) is 15.0 Å². The number of hydrogen-bond donors (Lipinski definition) is 3. The third kappa shape index (κ3) is 3.63. The molecule has 4 heteroatoms. The van der Waals surface area contributed by atoms with Crippen molar-refractivity contribution in [3.05, 3.63) is 22.3 Å². The van der Waals surface area contributed by atoms with Gasteiger partial charge in [0.25, 0.3) is 0 Å². The van der Waals surface area contributed by atoms with Gasteiger partial charge in [0, 0.05) is 12.0 Å². The van der Waals surface area contributed by atoms with Crippen LogP contribution < -0.4 is 0 Å². The van der Waals surface area contributed by atoms with Crippen LogP contribution in [0.25, 0.3) is 0 Å². The molecule has 0 saturated heterocycles. The fraction of sp³-hybridized carbons (Fsp3) is 0.533. The molecule has 0 radical (unpaired) electrons. The number of phenolic OH excluding ortho intramolecular Hbond substituents is 2. The minimum atomic E-state index is -0.775.